The van der Waals surface area contributed by atoms with Gasteiger partial charge in [-0.2, -0.15) is 0 Å². The second kappa shape index (κ2) is 12.6. The van der Waals surface area contributed by atoms with E-state index in [1.165, 1.54) is 6.42 Å². The summed E-state index contributed by atoms with van der Waals surface area (Å²) in [5, 5.41) is 8.65. The van der Waals surface area contributed by atoms with E-state index in [1.807, 2.05) is 37.3 Å². The number of nitrogens with one attached hydrogen (secondary N) is 4. The zero-order chi connectivity index (χ0) is 27.0. The van der Waals surface area contributed by atoms with Gasteiger partial charge in [-0.3, -0.25) is 9.52 Å². The van der Waals surface area contributed by atoms with Crippen LogP contribution in [0.3, 0.4) is 0 Å². The maximum absolute atomic E-state index is 13.1. The van der Waals surface area contributed by atoms with Gasteiger partial charge in [0, 0.05) is 23.8 Å². The van der Waals surface area contributed by atoms with Gasteiger partial charge in [-0.1, -0.05) is 67.3 Å². The van der Waals surface area contributed by atoms with Crippen LogP contribution in [0.5, 0.6) is 0 Å². The number of aryl methyl sites for hydroxylation is 1. The first-order valence-corrected chi connectivity index (χ1v) is 14.4. The van der Waals surface area contributed by atoms with Gasteiger partial charge >= 0.3 is 6.03 Å². The molecule has 8 nitrogen and oxygen atoms in total. The Morgan fingerprint density at radius 2 is 1.47 bits per heavy atom. The molecule has 1 fully saturated rings. The van der Waals surface area contributed by atoms with Crippen LogP contribution in [-0.2, 0) is 21.2 Å². The highest BCUT2D eigenvalue weighted by Crippen LogP contribution is 2.20. The third-order valence-corrected chi connectivity index (χ3v) is 7.98. The molecule has 4 rings (SSSR count). The van der Waals surface area contributed by atoms with Crippen molar-refractivity contribution < 1.29 is 18.0 Å². The Morgan fingerprint density at radius 1 is 0.842 bits per heavy atom. The standard InChI is InChI=1S/C29H34N4O4S/c1-21-12-18-26(19-13-21)38(36,37)33-25-16-14-24(15-17-25)31-29(35)32-27(20-22-8-4-2-5-9-22)28(34)30-23-10-6-3-7-11-23/h2,4-5,8-9,12-19,23,27,33H,3,6-7,10-11,20H2,1H3,(H,30,34)(H2,31,32,35)/t27-/m1/s1. The lowest BCUT2D eigenvalue weighted by Crippen LogP contribution is -2.52. The molecule has 0 bridgehead atoms. The molecule has 0 heterocycles. The molecule has 1 atom stereocenters. The van der Waals surface area contributed by atoms with Crippen LogP contribution in [0.25, 0.3) is 0 Å². The van der Waals surface area contributed by atoms with Crippen molar-refractivity contribution in [1.82, 2.24) is 10.6 Å². The monoisotopic (exact) mass is 534 g/mol. The van der Waals surface area contributed by atoms with Crippen LogP contribution in [0.1, 0.15) is 43.2 Å². The van der Waals surface area contributed by atoms with Crippen molar-refractivity contribution in [1.29, 1.82) is 0 Å². The molecule has 1 saturated carbocycles. The third-order valence-electron chi connectivity index (χ3n) is 6.58. The first-order chi connectivity index (χ1) is 18.3. The molecule has 38 heavy (non-hydrogen) atoms. The van der Waals surface area contributed by atoms with Gasteiger partial charge in [0.1, 0.15) is 6.04 Å². The summed E-state index contributed by atoms with van der Waals surface area (Å²) in [4.78, 5) is 26.1. The molecule has 4 N–H and O–H groups in total. The zero-order valence-corrected chi connectivity index (χ0v) is 22.3. The van der Waals surface area contributed by atoms with Crippen molar-refractivity contribution in [2.45, 2.75) is 62.4 Å². The molecule has 0 aromatic heterocycles. The van der Waals surface area contributed by atoms with Crippen molar-refractivity contribution in [2.75, 3.05) is 10.0 Å². The number of rotatable bonds is 9. The number of hydrogen-bond donors (Lipinski definition) is 4. The molecule has 0 saturated heterocycles. The number of amides is 3. The normalized spacial score (nSPS) is 14.8. The lowest BCUT2D eigenvalue weighted by Gasteiger charge is -2.26. The number of benzene rings is 3. The topological polar surface area (TPSA) is 116 Å². The Morgan fingerprint density at radius 3 is 2.13 bits per heavy atom. The van der Waals surface area contributed by atoms with Gasteiger partial charge in [0.2, 0.25) is 5.91 Å². The van der Waals surface area contributed by atoms with E-state index in [0.717, 1.165) is 36.8 Å². The van der Waals surface area contributed by atoms with E-state index in [1.54, 1.807) is 48.5 Å². The maximum atomic E-state index is 13.1. The highest BCUT2D eigenvalue weighted by atomic mass is 32.2. The van der Waals surface area contributed by atoms with Crippen molar-refractivity contribution in [3.05, 3.63) is 90.0 Å². The summed E-state index contributed by atoms with van der Waals surface area (Å²) in [5.74, 6) is -0.197. The molecular formula is C29H34N4O4S. The van der Waals surface area contributed by atoms with Gasteiger partial charge in [-0.15, -0.1) is 0 Å². The van der Waals surface area contributed by atoms with Crippen LogP contribution in [-0.4, -0.2) is 32.4 Å². The van der Waals surface area contributed by atoms with Gasteiger partial charge in [0.15, 0.2) is 0 Å². The molecule has 3 aromatic carbocycles. The Labute approximate surface area is 224 Å². The first-order valence-electron chi connectivity index (χ1n) is 12.9. The van der Waals surface area contributed by atoms with Crippen molar-refractivity contribution in [3.8, 4) is 0 Å². The number of sulfonamides is 1. The Kier molecular flexibility index (Phi) is 9.02. The number of urea groups is 1. The molecule has 9 heteroatoms. The largest absolute Gasteiger partial charge is 0.352 e. The van der Waals surface area contributed by atoms with Crippen molar-refractivity contribution in [3.63, 3.8) is 0 Å². The van der Waals surface area contributed by atoms with Crippen LogP contribution in [0.4, 0.5) is 16.2 Å². The lowest BCUT2D eigenvalue weighted by atomic mass is 9.95. The van der Waals surface area contributed by atoms with Crippen LogP contribution in [0, 0.1) is 6.92 Å². The molecule has 3 aromatic rings. The van der Waals surface area contributed by atoms with Gasteiger partial charge in [0.25, 0.3) is 10.0 Å². The summed E-state index contributed by atoms with van der Waals surface area (Å²) < 4.78 is 27.8. The highest BCUT2D eigenvalue weighted by Gasteiger charge is 2.25. The molecule has 0 spiro atoms. The van der Waals surface area contributed by atoms with E-state index < -0.39 is 22.1 Å². The molecular weight excluding hydrogens is 500 g/mol. The summed E-state index contributed by atoms with van der Waals surface area (Å²) in [5.41, 5.74) is 2.74. The van der Waals surface area contributed by atoms with E-state index >= 15 is 0 Å². The smallest absolute Gasteiger partial charge is 0.319 e. The Bertz CT molecular complexity index is 1320. The SMILES string of the molecule is Cc1ccc(S(=O)(=O)Nc2ccc(NC(=O)N[C@H](Cc3ccccc3)C(=O)NC3CCCCC3)cc2)cc1. The molecule has 0 radical (unpaired) electrons. The molecule has 200 valence electrons. The van der Waals surface area contributed by atoms with Crippen molar-refractivity contribution in [2.24, 2.45) is 0 Å². The fourth-order valence-electron chi connectivity index (χ4n) is 4.49. The van der Waals surface area contributed by atoms with Crippen LogP contribution in [0.2, 0.25) is 0 Å². The fraction of sp³-hybridized carbons (Fsp3) is 0.310. The van der Waals surface area contributed by atoms with Gasteiger partial charge in [-0.05, 0) is 61.7 Å². The number of hydrogen-bond acceptors (Lipinski definition) is 4. The van der Waals surface area contributed by atoms with E-state index in [2.05, 4.69) is 20.7 Å². The summed E-state index contributed by atoms with van der Waals surface area (Å²) in [6.07, 6.45) is 5.66. The minimum absolute atomic E-state index is 0.135. The Hall–Kier alpha value is -3.85. The average Bonchev–Trinajstić information content (AvgIpc) is 2.91. The van der Waals surface area contributed by atoms with E-state index in [4.69, 9.17) is 0 Å². The van der Waals surface area contributed by atoms with Gasteiger partial charge in [0.05, 0.1) is 4.90 Å². The third kappa shape index (κ3) is 7.82. The summed E-state index contributed by atoms with van der Waals surface area (Å²) in [7, 11) is -3.73. The molecule has 1 aliphatic carbocycles. The van der Waals surface area contributed by atoms with E-state index in [9.17, 15) is 18.0 Å². The fourth-order valence-corrected chi connectivity index (χ4v) is 5.54. The van der Waals surface area contributed by atoms with Crippen LogP contribution < -0.4 is 20.7 Å². The quantitative estimate of drug-likeness (QED) is 0.310. The second-order valence-electron chi connectivity index (χ2n) is 9.68. The predicted octanol–water partition coefficient (Wildman–Crippen LogP) is 4.98. The first kappa shape index (κ1) is 27.2. The number of anilines is 2. The highest BCUT2D eigenvalue weighted by molar-refractivity contribution is 7.92. The van der Waals surface area contributed by atoms with E-state index in [-0.39, 0.29) is 16.8 Å². The minimum Gasteiger partial charge on any atom is -0.352 e. The summed E-state index contributed by atoms with van der Waals surface area (Å²) in [6, 6.07) is 21.4. The Balaban J connectivity index is 1.37. The van der Waals surface area contributed by atoms with Gasteiger partial charge < -0.3 is 16.0 Å². The van der Waals surface area contributed by atoms with E-state index in [0.29, 0.717) is 17.8 Å². The van der Waals surface area contributed by atoms with Gasteiger partial charge in [-0.25, -0.2) is 13.2 Å². The minimum atomic E-state index is -3.73. The van der Waals surface area contributed by atoms with Crippen LogP contribution in [0.15, 0.2) is 83.8 Å². The number of carbonyl (C=O) groups is 2. The molecule has 3 amide bonds. The second-order valence-corrected chi connectivity index (χ2v) is 11.4. The lowest BCUT2D eigenvalue weighted by molar-refractivity contribution is -0.123. The van der Waals surface area contributed by atoms with Crippen molar-refractivity contribution >= 4 is 33.3 Å². The summed E-state index contributed by atoms with van der Waals surface area (Å²) in [6.45, 7) is 1.89. The average molecular weight is 535 g/mol. The molecule has 0 unspecified atom stereocenters. The molecule has 0 aliphatic heterocycles. The summed E-state index contributed by atoms with van der Waals surface area (Å²) >= 11 is 0. The number of carbonyl (C=O) groups excluding carboxylic acids is 2. The zero-order valence-electron chi connectivity index (χ0n) is 21.4. The maximum Gasteiger partial charge on any atom is 0.319 e. The van der Waals surface area contributed by atoms with Crippen LogP contribution >= 0.6 is 0 Å². The predicted molar refractivity (Wildman–Crippen MR) is 150 cm³/mol. The molecule has 1 aliphatic rings.